The average molecular weight is 183 g/mol. The van der Waals surface area contributed by atoms with E-state index in [4.69, 9.17) is 10.5 Å². The summed E-state index contributed by atoms with van der Waals surface area (Å²) in [7, 11) is 1.63. The molecule has 0 radical (unpaired) electrons. The number of benzene rings is 1. The van der Waals surface area contributed by atoms with Crippen LogP contribution < -0.4 is 5.73 Å². The van der Waals surface area contributed by atoms with E-state index in [0.29, 0.717) is 6.54 Å². The molecule has 1 aromatic rings. The van der Waals surface area contributed by atoms with Crippen molar-refractivity contribution in [2.45, 2.75) is 12.5 Å². The van der Waals surface area contributed by atoms with Gasteiger partial charge in [-0.25, -0.2) is 4.39 Å². The van der Waals surface area contributed by atoms with E-state index < -0.39 is 0 Å². The molecule has 72 valence electrons. The Hall–Kier alpha value is -0.930. The van der Waals surface area contributed by atoms with Crippen LogP contribution in [0.15, 0.2) is 24.3 Å². The number of rotatable bonds is 4. The van der Waals surface area contributed by atoms with Gasteiger partial charge in [0.05, 0.1) is 6.10 Å². The smallest absolute Gasteiger partial charge is 0.123 e. The van der Waals surface area contributed by atoms with Crippen molar-refractivity contribution < 1.29 is 9.13 Å². The van der Waals surface area contributed by atoms with E-state index in [1.165, 1.54) is 12.1 Å². The van der Waals surface area contributed by atoms with Gasteiger partial charge in [-0.05, 0) is 30.7 Å². The molecule has 0 aliphatic heterocycles. The molecule has 0 amide bonds. The molecule has 0 aliphatic carbocycles. The minimum absolute atomic E-state index is 0.0226. The van der Waals surface area contributed by atoms with Crippen molar-refractivity contribution in [2.75, 3.05) is 13.7 Å². The second kappa shape index (κ2) is 4.94. The SMILES string of the molecule is COC(CCN)c1ccc(F)cc1. The zero-order chi connectivity index (χ0) is 9.68. The van der Waals surface area contributed by atoms with Gasteiger partial charge in [-0.3, -0.25) is 0 Å². The molecule has 0 heterocycles. The van der Waals surface area contributed by atoms with Crippen LogP contribution >= 0.6 is 0 Å². The molecule has 1 atom stereocenters. The van der Waals surface area contributed by atoms with E-state index in [9.17, 15) is 4.39 Å². The van der Waals surface area contributed by atoms with Gasteiger partial charge in [-0.2, -0.15) is 0 Å². The molecule has 1 unspecified atom stereocenters. The van der Waals surface area contributed by atoms with Crippen LogP contribution in [0.2, 0.25) is 0 Å². The predicted molar refractivity (Wildman–Crippen MR) is 49.8 cm³/mol. The van der Waals surface area contributed by atoms with Crippen molar-refractivity contribution >= 4 is 0 Å². The van der Waals surface area contributed by atoms with Crippen molar-refractivity contribution in [3.05, 3.63) is 35.6 Å². The quantitative estimate of drug-likeness (QED) is 0.773. The third-order valence-electron chi connectivity index (χ3n) is 1.96. The number of ether oxygens (including phenoxy) is 1. The Balaban J connectivity index is 2.73. The van der Waals surface area contributed by atoms with Crippen LogP contribution in [0.4, 0.5) is 4.39 Å². The fourth-order valence-corrected chi connectivity index (χ4v) is 1.25. The third-order valence-corrected chi connectivity index (χ3v) is 1.96. The Kier molecular flexibility index (Phi) is 3.86. The highest BCUT2D eigenvalue weighted by molar-refractivity contribution is 5.18. The highest BCUT2D eigenvalue weighted by Crippen LogP contribution is 2.19. The summed E-state index contributed by atoms with van der Waals surface area (Å²) in [6.45, 7) is 0.565. The molecular formula is C10H14FNO. The summed E-state index contributed by atoms with van der Waals surface area (Å²) in [6, 6.07) is 6.30. The Morgan fingerprint density at radius 1 is 1.38 bits per heavy atom. The van der Waals surface area contributed by atoms with E-state index in [1.54, 1.807) is 19.2 Å². The lowest BCUT2D eigenvalue weighted by Crippen LogP contribution is -2.08. The van der Waals surface area contributed by atoms with Gasteiger partial charge < -0.3 is 10.5 Å². The number of hydrogen-bond acceptors (Lipinski definition) is 2. The van der Waals surface area contributed by atoms with Crippen LogP contribution in [0.1, 0.15) is 18.1 Å². The molecule has 0 bridgehead atoms. The number of hydrogen-bond donors (Lipinski definition) is 1. The molecule has 1 rings (SSSR count). The maximum Gasteiger partial charge on any atom is 0.123 e. The monoisotopic (exact) mass is 183 g/mol. The van der Waals surface area contributed by atoms with Crippen LogP contribution in [-0.2, 0) is 4.74 Å². The average Bonchev–Trinajstić information content (AvgIpc) is 2.16. The standard InChI is InChI=1S/C10H14FNO/c1-13-10(6-7-12)8-2-4-9(11)5-3-8/h2-5,10H,6-7,12H2,1H3. The number of methoxy groups -OCH3 is 1. The minimum atomic E-state index is -0.230. The van der Waals surface area contributed by atoms with Gasteiger partial charge in [0.1, 0.15) is 5.82 Å². The first-order chi connectivity index (χ1) is 6.27. The summed E-state index contributed by atoms with van der Waals surface area (Å²) in [6.07, 6.45) is 0.730. The van der Waals surface area contributed by atoms with Gasteiger partial charge in [0.15, 0.2) is 0 Å². The summed E-state index contributed by atoms with van der Waals surface area (Å²) in [5.41, 5.74) is 6.39. The van der Waals surface area contributed by atoms with Gasteiger partial charge in [-0.15, -0.1) is 0 Å². The zero-order valence-electron chi connectivity index (χ0n) is 7.66. The third kappa shape index (κ3) is 2.79. The molecule has 3 heteroatoms. The van der Waals surface area contributed by atoms with Crippen LogP contribution in [0.25, 0.3) is 0 Å². The Bertz CT molecular complexity index is 248. The van der Waals surface area contributed by atoms with Crippen molar-refractivity contribution in [3.63, 3.8) is 0 Å². The normalized spacial score (nSPS) is 12.8. The highest BCUT2D eigenvalue weighted by atomic mass is 19.1. The van der Waals surface area contributed by atoms with Gasteiger partial charge >= 0.3 is 0 Å². The lowest BCUT2D eigenvalue weighted by atomic mass is 10.1. The molecular weight excluding hydrogens is 169 g/mol. The lowest BCUT2D eigenvalue weighted by Gasteiger charge is -2.14. The van der Waals surface area contributed by atoms with Crippen LogP contribution in [0.3, 0.4) is 0 Å². The Morgan fingerprint density at radius 2 is 2.00 bits per heavy atom. The van der Waals surface area contributed by atoms with E-state index in [1.807, 2.05) is 0 Å². The topological polar surface area (TPSA) is 35.2 Å². The summed E-state index contributed by atoms with van der Waals surface area (Å²) in [5.74, 6) is -0.230. The summed E-state index contributed by atoms with van der Waals surface area (Å²) in [4.78, 5) is 0. The minimum Gasteiger partial charge on any atom is -0.377 e. The van der Waals surface area contributed by atoms with Crippen LogP contribution in [-0.4, -0.2) is 13.7 Å². The Morgan fingerprint density at radius 3 is 2.46 bits per heavy atom. The molecule has 1 aromatic carbocycles. The Labute approximate surface area is 77.5 Å². The van der Waals surface area contributed by atoms with E-state index in [0.717, 1.165) is 12.0 Å². The molecule has 13 heavy (non-hydrogen) atoms. The van der Waals surface area contributed by atoms with Gasteiger partial charge in [0, 0.05) is 7.11 Å². The van der Waals surface area contributed by atoms with Crippen LogP contribution in [0.5, 0.6) is 0 Å². The fraction of sp³-hybridized carbons (Fsp3) is 0.400. The van der Waals surface area contributed by atoms with E-state index in [2.05, 4.69) is 0 Å². The fourth-order valence-electron chi connectivity index (χ4n) is 1.25. The van der Waals surface area contributed by atoms with E-state index >= 15 is 0 Å². The molecule has 0 aromatic heterocycles. The largest absolute Gasteiger partial charge is 0.377 e. The zero-order valence-corrected chi connectivity index (χ0v) is 7.66. The molecule has 0 saturated heterocycles. The first kappa shape index (κ1) is 10.2. The first-order valence-electron chi connectivity index (χ1n) is 4.26. The van der Waals surface area contributed by atoms with E-state index in [-0.39, 0.29) is 11.9 Å². The molecule has 2 N–H and O–H groups in total. The summed E-state index contributed by atoms with van der Waals surface area (Å²) >= 11 is 0. The molecule has 0 fully saturated rings. The highest BCUT2D eigenvalue weighted by Gasteiger charge is 2.08. The van der Waals surface area contributed by atoms with Crippen LogP contribution in [0, 0.1) is 5.82 Å². The predicted octanol–water partition coefficient (Wildman–Crippen LogP) is 1.86. The number of halogens is 1. The number of nitrogens with two attached hydrogens (primary N) is 1. The van der Waals surface area contributed by atoms with Gasteiger partial charge in [0.2, 0.25) is 0 Å². The summed E-state index contributed by atoms with van der Waals surface area (Å²) < 4.78 is 17.8. The summed E-state index contributed by atoms with van der Waals surface area (Å²) in [5, 5.41) is 0. The van der Waals surface area contributed by atoms with Gasteiger partial charge in [0.25, 0.3) is 0 Å². The maximum atomic E-state index is 12.6. The second-order valence-corrected chi connectivity index (χ2v) is 2.85. The second-order valence-electron chi connectivity index (χ2n) is 2.85. The van der Waals surface area contributed by atoms with Gasteiger partial charge in [-0.1, -0.05) is 12.1 Å². The lowest BCUT2D eigenvalue weighted by molar-refractivity contribution is 0.0977. The van der Waals surface area contributed by atoms with Crippen molar-refractivity contribution in [3.8, 4) is 0 Å². The molecule has 0 saturated carbocycles. The maximum absolute atomic E-state index is 12.6. The van der Waals surface area contributed by atoms with Crippen molar-refractivity contribution in [2.24, 2.45) is 5.73 Å². The van der Waals surface area contributed by atoms with Crippen molar-refractivity contribution in [1.82, 2.24) is 0 Å². The molecule has 0 aliphatic rings. The molecule has 0 spiro atoms. The first-order valence-corrected chi connectivity index (χ1v) is 4.26. The van der Waals surface area contributed by atoms with Crippen molar-refractivity contribution in [1.29, 1.82) is 0 Å². The molecule has 2 nitrogen and oxygen atoms in total.